The van der Waals surface area contributed by atoms with Crippen molar-refractivity contribution in [2.24, 2.45) is 0 Å². The molecule has 0 saturated heterocycles. The molecule has 0 radical (unpaired) electrons. The minimum absolute atomic E-state index is 0.0946. The van der Waals surface area contributed by atoms with Crippen LogP contribution < -0.4 is 11.3 Å². The maximum atomic E-state index is 12.0. The van der Waals surface area contributed by atoms with Crippen LogP contribution in [0.2, 0.25) is 0 Å². The molecule has 2 N–H and O–H groups in total. The van der Waals surface area contributed by atoms with Crippen molar-refractivity contribution < 1.29 is 0 Å². The number of pyridine rings is 1. The number of aromatic nitrogens is 1. The molecule has 1 heterocycles. The lowest BCUT2D eigenvalue weighted by atomic mass is 9.87. The summed E-state index contributed by atoms with van der Waals surface area (Å²) in [6.45, 7) is 6.94. The number of rotatable bonds is 2. The summed E-state index contributed by atoms with van der Waals surface area (Å²) in [5.41, 5.74) is 7.22. The Morgan fingerprint density at radius 2 is 2.12 bits per heavy atom. The van der Waals surface area contributed by atoms with Gasteiger partial charge in [0.25, 0.3) is 5.56 Å². The second kappa shape index (κ2) is 3.63. The van der Waals surface area contributed by atoms with Gasteiger partial charge in [0.05, 0.1) is 11.7 Å². The van der Waals surface area contributed by atoms with Gasteiger partial charge < -0.3 is 15.1 Å². The molecule has 0 unspecified atom stereocenters. The van der Waals surface area contributed by atoms with Crippen LogP contribution >= 0.6 is 0 Å². The number of nitrogen functional groups attached to an aromatic ring is 1. The molecule has 2 aliphatic carbocycles. The summed E-state index contributed by atoms with van der Waals surface area (Å²) in [7, 11) is 0. The minimum Gasteiger partial charge on any atom is -0.394 e. The van der Waals surface area contributed by atoms with Gasteiger partial charge in [-0.15, -0.1) is 0 Å². The smallest absolute Gasteiger partial charge is 0.273 e. The van der Waals surface area contributed by atoms with Gasteiger partial charge in [0.1, 0.15) is 0 Å². The number of hydrogen-bond acceptors (Lipinski definition) is 2. The zero-order valence-electron chi connectivity index (χ0n) is 9.60. The van der Waals surface area contributed by atoms with E-state index in [1.807, 2.05) is 12.3 Å². The standard InChI is InChI=1S/C13H15N3O/c1-15-10-5-11(6-10)16-7-9(8-2-3-8)4-12(14)13(16)17/h4,7-8,10-11H,2-3,5-6,14H2. The molecule has 0 bridgehead atoms. The van der Waals surface area contributed by atoms with Gasteiger partial charge in [0, 0.05) is 19.0 Å². The van der Waals surface area contributed by atoms with Gasteiger partial charge in [-0.1, -0.05) is 0 Å². The van der Waals surface area contributed by atoms with Crippen LogP contribution in [0.1, 0.15) is 43.2 Å². The summed E-state index contributed by atoms with van der Waals surface area (Å²) in [5, 5.41) is 0. The highest BCUT2D eigenvalue weighted by Gasteiger charge is 2.36. The molecule has 4 nitrogen and oxygen atoms in total. The average Bonchev–Trinajstić information content (AvgIpc) is 3.06. The molecular weight excluding hydrogens is 214 g/mol. The van der Waals surface area contributed by atoms with E-state index < -0.39 is 0 Å². The first-order chi connectivity index (χ1) is 8.19. The van der Waals surface area contributed by atoms with E-state index in [4.69, 9.17) is 12.3 Å². The fourth-order valence-corrected chi connectivity index (χ4v) is 2.45. The second-order valence-electron chi connectivity index (χ2n) is 5.12. The largest absolute Gasteiger partial charge is 0.394 e. The zero-order valence-corrected chi connectivity index (χ0v) is 9.60. The monoisotopic (exact) mass is 229 g/mol. The van der Waals surface area contributed by atoms with Crippen LogP contribution in [0, 0.1) is 6.57 Å². The predicted molar refractivity (Wildman–Crippen MR) is 65.8 cm³/mol. The van der Waals surface area contributed by atoms with E-state index in [2.05, 4.69) is 4.85 Å². The summed E-state index contributed by atoms with van der Waals surface area (Å²) in [5.74, 6) is 0.598. The van der Waals surface area contributed by atoms with Crippen LogP contribution in [0.15, 0.2) is 17.1 Å². The fourth-order valence-electron chi connectivity index (χ4n) is 2.45. The van der Waals surface area contributed by atoms with Crippen LogP contribution in [0.25, 0.3) is 4.85 Å². The van der Waals surface area contributed by atoms with E-state index >= 15 is 0 Å². The Balaban J connectivity index is 1.93. The molecule has 17 heavy (non-hydrogen) atoms. The lowest BCUT2D eigenvalue weighted by molar-refractivity contribution is 0.289. The Bertz CT molecular complexity index is 545. The first-order valence-corrected chi connectivity index (χ1v) is 6.07. The van der Waals surface area contributed by atoms with Gasteiger partial charge in [-0.3, -0.25) is 4.79 Å². The van der Waals surface area contributed by atoms with Crippen molar-refractivity contribution in [2.75, 3.05) is 5.73 Å². The van der Waals surface area contributed by atoms with Crippen molar-refractivity contribution in [1.29, 1.82) is 0 Å². The van der Waals surface area contributed by atoms with E-state index in [-0.39, 0.29) is 17.6 Å². The number of hydrogen-bond donors (Lipinski definition) is 1. The van der Waals surface area contributed by atoms with Crippen LogP contribution in [0.4, 0.5) is 5.69 Å². The fraction of sp³-hybridized carbons (Fsp3) is 0.538. The van der Waals surface area contributed by atoms with Gasteiger partial charge in [0.2, 0.25) is 6.04 Å². The van der Waals surface area contributed by atoms with E-state index in [9.17, 15) is 4.79 Å². The van der Waals surface area contributed by atoms with Crippen molar-refractivity contribution in [1.82, 2.24) is 4.57 Å². The predicted octanol–water partition coefficient (Wildman–Crippen LogP) is 1.93. The highest BCUT2D eigenvalue weighted by Crippen LogP contribution is 2.41. The zero-order chi connectivity index (χ0) is 12.0. The number of anilines is 1. The highest BCUT2D eigenvalue weighted by molar-refractivity contribution is 5.40. The quantitative estimate of drug-likeness (QED) is 0.788. The van der Waals surface area contributed by atoms with Gasteiger partial charge in [0.15, 0.2) is 0 Å². The Hall–Kier alpha value is -1.76. The van der Waals surface area contributed by atoms with Crippen molar-refractivity contribution >= 4 is 5.69 Å². The maximum absolute atomic E-state index is 12.0. The lowest BCUT2D eigenvalue weighted by Gasteiger charge is -2.29. The number of nitrogens with two attached hydrogens (primary N) is 1. The summed E-state index contributed by atoms with van der Waals surface area (Å²) in [4.78, 5) is 15.4. The van der Waals surface area contributed by atoms with E-state index in [0.29, 0.717) is 11.6 Å². The van der Waals surface area contributed by atoms with Crippen molar-refractivity contribution in [3.05, 3.63) is 39.6 Å². The second-order valence-corrected chi connectivity index (χ2v) is 5.12. The molecular formula is C13H15N3O. The summed E-state index contributed by atoms with van der Waals surface area (Å²) in [6.07, 6.45) is 5.94. The third-order valence-electron chi connectivity index (χ3n) is 3.80. The van der Waals surface area contributed by atoms with E-state index in [1.54, 1.807) is 4.57 Å². The molecule has 1 aromatic rings. The van der Waals surface area contributed by atoms with Gasteiger partial charge in [-0.05, 0) is 30.4 Å². The molecule has 0 amide bonds. The van der Waals surface area contributed by atoms with E-state index in [1.165, 1.54) is 18.4 Å². The molecule has 1 aromatic heterocycles. The normalized spacial score (nSPS) is 27.2. The first-order valence-electron chi connectivity index (χ1n) is 6.07. The average molecular weight is 229 g/mol. The Morgan fingerprint density at radius 3 is 2.71 bits per heavy atom. The van der Waals surface area contributed by atoms with Crippen molar-refractivity contribution in [3.63, 3.8) is 0 Å². The topological polar surface area (TPSA) is 52.4 Å². The van der Waals surface area contributed by atoms with Crippen LogP contribution in [0.3, 0.4) is 0 Å². The van der Waals surface area contributed by atoms with Gasteiger partial charge in [-0.2, -0.15) is 0 Å². The molecule has 0 aliphatic heterocycles. The molecule has 0 aromatic carbocycles. The van der Waals surface area contributed by atoms with Crippen molar-refractivity contribution in [2.45, 2.75) is 43.7 Å². The summed E-state index contributed by atoms with van der Waals surface area (Å²) < 4.78 is 1.75. The van der Waals surface area contributed by atoms with Crippen LogP contribution in [0.5, 0.6) is 0 Å². The molecule has 4 heteroatoms. The molecule has 3 rings (SSSR count). The van der Waals surface area contributed by atoms with Gasteiger partial charge >= 0.3 is 0 Å². The van der Waals surface area contributed by atoms with Crippen LogP contribution in [-0.2, 0) is 0 Å². The van der Waals surface area contributed by atoms with E-state index in [0.717, 1.165) is 12.8 Å². The third-order valence-corrected chi connectivity index (χ3v) is 3.80. The summed E-state index contributed by atoms with van der Waals surface area (Å²) in [6, 6.07) is 2.10. The molecule has 2 aliphatic rings. The third kappa shape index (κ3) is 1.72. The maximum Gasteiger partial charge on any atom is 0.273 e. The molecule has 88 valence electrons. The lowest BCUT2D eigenvalue weighted by Crippen LogP contribution is -2.36. The number of nitrogens with zero attached hydrogens (tertiary/aromatic N) is 2. The minimum atomic E-state index is -0.0946. The molecule has 2 fully saturated rings. The Labute approximate surface area is 99.9 Å². The SMILES string of the molecule is [C-]#[N+]C1CC(n2cc(C3CC3)cc(N)c2=O)C1. The van der Waals surface area contributed by atoms with Crippen LogP contribution in [-0.4, -0.2) is 10.6 Å². The Morgan fingerprint density at radius 1 is 1.41 bits per heavy atom. The molecule has 2 saturated carbocycles. The van der Waals surface area contributed by atoms with Crippen molar-refractivity contribution in [3.8, 4) is 0 Å². The molecule has 0 spiro atoms. The highest BCUT2D eigenvalue weighted by atomic mass is 16.1. The molecule has 0 atom stereocenters. The van der Waals surface area contributed by atoms with Gasteiger partial charge in [-0.25, -0.2) is 6.57 Å². The first kappa shape index (κ1) is 10.4. The summed E-state index contributed by atoms with van der Waals surface area (Å²) >= 11 is 0. The Kier molecular flexibility index (Phi) is 2.22.